The summed E-state index contributed by atoms with van der Waals surface area (Å²) in [6, 6.07) is 0.429. The third-order valence-electron chi connectivity index (χ3n) is 4.80. The van der Waals surface area contributed by atoms with Crippen LogP contribution in [0.15, 0.2) is 0 Å². The van der Waals surface area contributed by atoms with Gasteiger partial charge in [0.25, 0.3) is 0 Å². The Balaban J connectivity index is 1.81. The van der Waals surface area contributed by atoms with Crippen LogP contribution in [0.25, 0.3) is 0 Å². The molecule has 0 N–H and O–H groups in total. The summed E-state index contributed by atoms with van der Waals surface area (Å²) in [5.41, 5.74) is 0. The van der Waals surface area contributed by atoms with Crippen LogP contribution in [0.1, 0.15) is 46.5 Å². The lowest BCUT2D eigenvalue weighted by Gasteiger charge is -2.39. The second-order valence-electron chi connectivity index (χ2n) is 7.25. The molecule has 1 aliphatic heterocycles. The molecule has 0 radical (unpaired) electrons. The maximum Gasteiger partial charge on any atom is 0.168 e. The molecule has 2 aliphatic rings. The molecule has 1 saturated heterocycles. The number of sulfone groups is 1. The zero-order valence-electron chi connectivity index (χ0n) is 13.7. The highest BCUT2D eigenvalue weighted by molar-refractivity contribution is 7.92. The van der Waals surface area contributed by atoms with Gasteiger partial charge in [-0.2, -0.15) is 0 Å². The van der Waals surface area contributed by atoms with Crippen molar-refractivity contribution in [2.75, 3.05) is 32.6 Å². The van der Waals surface area contributed by atoms with Crippen LogP contribution in [0, 0.1) is 0 Å². The molecule has 21 heavy (non-hydrogen) atoms. The summed E-state index contributed by atoms with van der Waals surface area (Å²) in [5, 5.41) is 0. The fourth-order valence-electron chi connectivity index (χ4n) is 3.02. The summed E-state index contributed by atoms with van der Waals surface area (Å²) in [6.45, 7) is 7.29. The molecule has 1 aliphatic carbocycles. The molecule has 6 heteroatoms. The maximum absolute atomic E-state index is 12.2. The van der Waals surface area contributed by atoms with Crippen LogP contribution >= 0.6 is 0 Å². The smallest absolute Gasteiger partial charge is 0.168 e. The molecule has 5 nitrogen and oxygen atoms in total. The molecule has 0 amide bonds. The number of ether oxygens (including phenoxy) is 2. The predicted molar refractivity (Wildman–Crippen MR) is 83.1 cm³/mol. The van der Waals surface area contributed by atoms with Crippen molar-refractivity contribution >= 4 is 9.84 Å². The van der Waals surface area contributed by atoms with E-state index in [2.05, 4.69) is 4.90 Å². The van der Waals surface area contributed by atoms with Crippen LogP contribution in [0.5, 0.6) is 0 Å². The monoisotopic (exact) mass is 319 g/mol. The van der Waals surface area contributed by atoms with E-state index in [1.807, 2.05) is 7.05 Å². The average Bonchev–Trinajstić information content (AvgIpc) is 2.84. The molecule has 0 unspecified atom stereocenters. The summed E-state index contributed by atoms with van der Waals surface area (Å²) in [4.78, 5) is 2.19. The molecule has 0 aromatic heterocycles. The van der Waals surface area contributed by atoms with Crippen molar-refractivity contribution in [2.24, 2.45) is 0 Å². The Morgan fingerprint density at radius 2 is 1.67 bits per heavy atom. The van der Waals surface area contributed by atoms with Gasteiger partial charge in [-0.1, -0.05) is 0 Å². The van der Waals surface area contributed by atoms with Crippen molar-refractivity contribution in [3.63, 3.8) is 0 Å². The average molecular weight is 319 g/mol. The Morgan fingerprint density at radius 3 is 2.14 bits per heavy atom. The van der Waals surface area contributed by atoms with Crippen molar-refractivity contribution < 1.29 is 17.9 Å². The minimum atomic E-state index is -3.04. The van der Waals surface area contributed by atoms with Crippen molar-refractivity contribution in [1.29, 1.82) is 0 Å². The van der Waals surface area contributed by atoms with E-state index in [1.165, 1.54) is 0 Å². The van der Waals surface area contributed by atoms with E-state index in [0.717, 1.165) is 25.7 Å². The van der Waals surface area contributed by atoms with E-state index in [-0.39, 0.29) is 11.5 Å². The molecular weight excluding hydrogens is 290 g/mol. The van der Waals surface area contributed by atoms with Crippen LogP contribution < -0.4 is 0 Å². The van der Waals surface area contributed by atoms with Gasteiger partial charge in [0.15, 0.2) is 15.6 Å². The van der Waals surface area contributed by atoms with Gasteiger partial charge in [-0.15, -0.1) is 0 Å². The van der Waals surface area contributed by atoms with Crippen LogP contribution in [0.2, 0.25) is 0 Å². The fraction of sp³-hybridized carbons (Fsp3) is 1.00. The molecule has 2 rings (SSSR count). The lowest BCUT2D eigenvalue weighted by molar-refractivity contribution is -0.183. The minimum Gasteiger partial charge on any atom is -0.348 e. The van der Waals surface area contributed by atoms with Crippen LogP contribution in [0.4, 0.5) is 0 Å². The Kier molecular flexibility index (Phi) is 5.03. The lowest BCUT2D eigenvalue weighted by atomic mass is 9.89. The zero-order valence-corrected chi connectivity index (χ0v) is 14.5. The minimum absolute atomic E-state index is 0.224. The lowest BCUT2D eigenvalue weighted by Crippen LogP contribution is -2.44. The van der Waals surface area contributed by atoms with E-state index < -0.39 is 14.6 Å². The summed E-state index contributed by atoms with van der Waals surface area (Å²) in [6.07, 6.45) is 3.83. The summed E-state index contributed by atoms with van der Waals surface area (Å²) in [5.74, 6) is -0.115. The molecule has 0 bridgehead atoms. The van der Waals surface area contributed by atoms with Gasteiger partial charge in [0.2, 0.25) is 0 Å². The molecule has 2 fully saturated rings. The summed E-state index contributed by atoms with van der Waals surface area (Å²) in [7, 11) is -1.02. The first-order chi connectivity index (χ1) is 9.65. The normalized spacial score (nSPS) is 24.0. The predicted octanol–water partition coefficient (Wildman–Crippen LogP) is 1.82. The Labute approximate surface area is 128 Å². The molecular formula is C15H29NO4S. The summed E-state index contributed by atoms with van der Waals surface area (Å²) >= 11 is 0. The number of hydrogen-bond donors (Lipinski definition) is 0. The Bertz CT molecular complexity index is 439. The number of hydrogen-bond acceptors (Lipinski definition) is 5. The van der Waals surface area contributed by atoms with E-state index >= 15 is 0 Å². The van der Waals surface area contributed by atoms with E-state index in [1.54, 1.807) is 20.8 Å². The third kappa shape index (κ3) is 3.97. The topological polar surface area (TPSA) is 55.8 Å². The molecule has 1 spiro atoms. The highest BCUT2D eigenvalue weighted by atomic mass is 32.2. The van der Waals surface area contributed by atoms with Crippen LogP contribution in [-0.4, -0.2) is 62.5 Å². The van der Waals surface area contributed by atoms with Gasteiger partial charge >= 0.3 is 0 Å². The van der Waals surface area contributed by atoms with Crippen molar-refractivity contribution in [2.45, 2.75) is 63.0 Å². The quantitative estimate of drug-likeness (QED) is 0.791. The molecule has 124 valence electrons. The van der Waals surface area contributed by atoms with Crippen molar-refractivity contribution in [1.82, 2.24) is 4.90 Å². The summed E-state index contributed by atoms with van der Waals surface area (Å²) < 4.78 is 35.1. The van der Waals surface area contributed by atoms with Gasteiger partial charge in [-0.05, 0) is 40.7 Å². The first-order valence-corrected chi connectivity index (χ1v) is 9.51. The van der Waals surface area contributed by atoms with Gasteiger partial charge in [-0.3, -0.25) is 0 Å². The van der Waals surface area contributed by atoms with Crippen LogP contribution in [-0.2, 0) is 19.3 Å². The molecule has 0 aromatic carbocycles. The van der Waals surface area contributed by atoms with Crippen molar-refractivity contribution in [3.05, 3.63) is 0 Å². The van der Waals surface area contributed by atoms with Gasteiger partial charge < -0.3 is 14.4 Å². The van der Waals surface area contributed by atoms with Crippen molar-refractivity contribution in [3.8, 4) is 0 Å². The number of rotatable bonds is 4. The standard InChI is InChI=1S/C15H29NO4S/c1-14(2,3)21(17,18)12-9-16(4)13-5-7-15(8-6-13)19-10-11-20-15/h13H,5-12H2,1-4H3. The van der Waals surface area contributed by atoms with E-state index in [9.17, 15) is 8.42 Å². The van der Waals surface area contributed by atoms with Gasteiger partial charge in [0, 0.05) is 25.4 Å². The van der Waals surface area contributed by atoms with E-state index in [4.69, 9.17) is 9.47 Å². The zero-order chi connectivity index (χ0) is 15.7. The van der Waals surface area contributed by atoms with Gasteiger partial charge in [0.1, 0.15) is 0 Å². The first-order valence-electron chi connectivity index (χ1n) is 7.86. The second-order valence-corrected chi connectivity index (χ2v) is 10.1. The fourth-order valence-corrected chi connectivity index (χ4v) is 4.16. The molecule has 1 heterocycles. The number of nitrogens with zero attached hydrogens (tertiary/aromatic N) is 1. The van der Waals surface area contributed by atoms with Crippen LogP contribution in [0.3, 0.4) is 0 Å². The SMILES string of the molecule is CN(CCS(=O)(=O)C(C)(C)C)C1CCC2(CC1)OCCO2. The van der Waals surface area contributed by atoms with E-state index in [0.29, 0.717) is 25.8 Å². The third-order valence-corrected chi connectivity index (χ3v) is 7.39. The molecule has 0 aromatic rings. The highest BCUT2D eigenvalue weighted by Crippen LogP contribution is 2.37. The first kappa shape index (κ1) is 17.2. The Hall–Kier alpha value is -0.170. The Morgan fingerprint density at radius 1 is 1.14 bits per heavy atom. The molecule has 1 saturated carbocycles. The maximum atomic E-state index is 12.2. The molecule has 0 atom stereocenters. The largest absolute Gasteiger partial charge is 0.348 e. The second kappa shape index (κ2) is 6.14. The van der Waals surface area contributed by atoms with Gasteiger partial charge in [0.05, 0.1) is 23.7 Å². The van der Waals surface area contributed by atoms with Gasteiger partial charge in [-0.25, -0.2) is 8.42 Å². The highest BCUT2D eigenvalue weighted by Gasteiger charge is 2.41.